The van der Waals surface area contributed by atoms with E-state index in [0.717, 1.165) is 18.8 Å². The summed E-state index contributed by atoms with van der Waals surface area (Å²) in [5.74, 6) is 0.996. The summed E-state index contributed by atoms with van der Waals surface area (Å²) >= 11 is -0.0828. The number of hydrogen-bond acceptors (Lipinski definition) is 1. The first-order valence-electron chi connectivity index (χ1n) is 8.28. The zero-order valence-corrected chi connectivity index (χ0v) is 15.8. The number of unbranched alkanes of at least 4 members (excludes halogenated alkanes) is 2. The Morgan fingerprint density at radius 1 is 0.773 bits per heavy atom. The molecule has 0 amide bonds. The summed E-state index contributed by atoms with van der Waals surface area (Å²) in [6, 6.07) is 17.9. The quantitative estimate of drug-likeness (QED) is 0.457. The van der Waals surface area contributed by atoms with Gasteiger partial charge in [0.25, 0.3) is 0 Å². The van der Waals surface area contributed by atoms with Crippen molar-refractivity contribution >= 4 is 0 Å². The van der Waals surface area contributed by atoms with Crippen molar-refractivity contribution in [3.63, 3.8) is 0 Å². The number of rotatable bonds is 9. The van der Waals surface area contributed by atoms with Gasteiger partial charge in [-0.1, -0.05) is 0 Å². The van der Waals surface area contributed by atoms with Crippen LogP contribution in [0.5, 0.6) is 5.75 Å². The van der Waals surface area contributed by atoms with Crippen molar-refractivity contribution < 1.29 is 25.9 Å². The number of halogens is 1. The Morgan fingerprint density at radius 3 is 1.95 bits per heavy atom. The molecule has 0 atom stereocenters. The first-order chi connectivity index (χ1) is 10.8. The molecule has 2 heteroatoms. The minimum atomic E-state index is -0.0828. The van der Waals surface area contributed by atoms with Crippen LogP contribution < -0.4 is 25.9 Å². The topological polar surface area (TPSA) is 9.23 Å². The fourth-order valence-electron chi connectivity index (χ4n) is 2.15. The van der Waals surface area contributed by atoms with Crippen LogP contribution in [-0.4, -0.2) is 6.61 Å². The molecule has 0 aromatic heterocycles. The fraction of sp³-hybridized carbons (Fsp3) is 0.400. The Balaban J connectivity index is 1.87. The Labute approximate surface area is 145 Å². The number of hydrogen-bond donors (Lipinski definition) is 0. The van der Waals surface area contributed by atoms with Gasteiger partial charge in [-0.3, -0.25) is 0 Å². The van der Waals surface area contributed by atoms with Crippen LogP contribution in [0.15, 0.2) is 48.5 Å². The van der Waals surface area contributed by atoms with Gasteiger partial charge in [-0.2, -0.15) is 0 Å². The van der Waals surface area contributed by atoms with Crippen molar-refractivity contribution in [3.05, 3.63) is 61.2 Å². The summed E-state index contributed by atoms with van der Waals surface area (Å²) in [5, 5.41) is 0. The fourth-order valence-corrected chi connectivity index (χ4v) is 4.31. The van der Waals surface area contributed by atoms with Gasteiger partial charge in [0.15, 0.2) is 0 Å². The molecule has 0 saturated heterocycles. The van der Waals surface area contributed by atoms with Crippen molar-refractivity contribution in [2.45, 2.75) is 46.0 Å². The second-order valence-corrected chi connectivity index (χ2v) is 8.51. The van der Waals surface area contributed by atoms with Crippen LogP contribution in [0.1, 0.15) is 45.1 Å². The van der Waals surface area contributed by atoms with Crippen LogP contribution in [0.2, 0.25) is 0 Å². The Morgan fingerprint density at radius 2 is 1.36 bits per heavy atom. The molecule has 22 heavy (non-hydrogen) atoms. The van der Waals surface area contributed by atoms with E-state index in [4.69, 9.17) is 4.74 Å². The van der Waals surface area contributed by atoms with Crippen molar-refractivity contribution in [2.75, 3.05) is 6.61 Å². The van der Waals surface area contributed by atoms with E-state index >= 15 is 0 Å². The molecule has 0 radical (unpaired) electrons. The van der Waals surface area contributed by atoms with Crippen LogP contribution in [0.3, 0.4) is 0 Å². The van der Waals surface area contributed by atoms with Gasteiger partial charge in [-0.15, -0.1) is 0 Å². The molecule has 2 aromatic carbocycles. The van der Waals surface area contributed by atoms with Gasteiger partial charge in [-0.25, -0.2) is 0 Å². The van der Waals surface area contributed by atoms with Gasteiger partial charge in [0.2, 0.25) is 0 Å². The number of benzene rings is 2. The molecule has 0 fully saturated rings. The molecular formula is C20H26IO-. The van der Waals surface area contributed by atoms with Crippen LogP contribution in [0, 0.1) is 7.14 Å². The standard InChI is InChI=1S/C20H26IO/c1-3-5-7-17-8-10-18(11-9-17)21-19-12-14-20(15-13-19)22-16-6-4-2/h8-15H,3-7,16H2,1-2H3/q-1. The van der Waals surface area contributed by atoms with Gasteiger partial charge >= 0.3 is 145 Å². The summed E-state index contributed by atoms with van der Waals surface area (Å²) in [6.45, 7) is 5.25. The molecular weight excluding hydrogens is 383 g/mol. The molecule has 2 rings (SSSR count). The van der Waals surface area contributed by atoms with E-state index in [1.165, 1.54) is 38.4 Å². The zero-order valence-electron chi connectivity index (χ0n) is 13.6. The van der Waals surface area contributed by atoms with Crippen molar-refractivity contribution in [1.29, 1.82) is 0 Å². The van der Waals surface area contributed by atoms with E-state index in [1.807, 2.05) is 0 Å². The SMILES string of the molecule is CCCCOc1ccc([I-]c2ccc(CCCC)cc2)cc1. The molecule has 0 aliphatic rings. The average molecular weight is 409 g/mol. The molecule has 2 aromatic rings. The van der Waals surface area contributed by atoms with E-state index in [9.17, 15) is 0 Å². The van der Waals surface area contributed by atoms with Crippen LogP contribution in [0.25, 0.3) is 0 Å². The predicted molar refractivity (Wildman–Crippen MR) is 89.3 cm³/mol. The number of aryl methyl sites for hydroxylation is 1. The molecule has 0 heterocycles. The Hall–Kier alpha value is -1.03. The third-order valence-electron chi connectivity index (χ3n) is 3.53. The van der Waals surface area contributed by atoms with Crippen molar-refractivity contribution in [2.24, 2.45) is 0 Å². The van der Waals surface area contributed by atoms with E-state index < -0.39 is 0 Å². The average Bonchev–Trinajstić information content (AvgIpc) is 2.56. The van der Waals surface area contributed by atoms with E-state index in [2.05, 4.69) is 62.4 Å². The first kappa shape index (κ1) is 17.3. The predicted octanol–water partition coefficient (Wildman–Crippen LogP) is 2.34. The first-order valence-corrected chi connectivity index (χ1v) is 10.4. The normalized spacial score (nSPS) is 10.8. The molecule has 1 nitrogen and oxygen atoms in total. The molecule has 0 unspecified atom stereocenters. The number of ether oxygens (including phenoxy) is 1. The molecule has 0 aliphatic carbocycles. The second kappa shape index (κ2) is 9.88. The second-order valence-electron chi connectivity index (χ2n) is 5.48. The third kappa shape index (κ3) is 5.99. The Kier molecular flexibility index (Phi) is 7.78. The zero-order chi connectivity index (χ0) is 15.6. The summed E-state index contributed by atoms with van der Waals surface area (Å²) in [7, 11) is 0. The molecule has 0 aliphatic heterocycles. The molecule has 120 valence electrons. The maximum atomic E-state index is 5.72. The van der Waals surface area contributed by atoms with Crippen molar-refractivity contribution in [1.82, 2.24) is 0 Å². The molecule has 0 spiro atoms. The van der Waals surface area contributed by atoms with Gasteiger partial charge < -0.3 is 0 Å². The van der Waals surface area contributed by atoms with Gasteiger partial charge in [0.1, 0.15) is 0 Å². The van der Waals surface area contributed by atoms with Gasteiger partial charge in [-0.05, 0) is 0 Å². The summed E-state index contributed by atoms with van der Waals surface area (Å²) in [5.41, 5.74) is 1.47. The van der Waals surface area contributed by atoms with E-state index in [1.54, 1.807) is 0 Å². The maximum absolute atomic E-state index is 5.72. The molecule has 0 bridgehead atoms. The monoisotopic (exact) mass is 409 g/mol. The van der Waals surface area contributed by atoms with Crippen LogP contribution in [0.4, 0.5) is 0 Å². The molecule has 0 saturated carbocycles. The third-order valence-corrected chi connectivity index (χ3v) is 6.21. The van der Waals surface area contributed by atoms with E-state index in [-0.39, 0.29) is 21.2 Å². The van der Waals surface area contributed by atoms with Gasteiger partial charge in [0, 0.05) is 0 Å². The summed E-state index contributed by atoms with van der Waals surface area (Å²) < 4.78 is 8.65. The Bertz CT molecular complexity index is 531. The molecule has 0 N–H and O–H groups in total. The summed E-state index contributed by atoms with van der Waals surface area (Å²) in [6.07, 6.45) is 6.06. The van der Waals surface area contributed by atoms with Crippen molar-refractivity contribution in [3.8, 4) is 5.75 Å². The van der Waals surface area contributed by atoms with Crippen LogP contribution >= 0.6 is 0 Å². The van der Waals surface area contributed by atoms with Crippen LogP contribution in [-0.2, 0) is 6.42 Å². The van der Waals surface area contributed by atoms with Gasteiger partial charge in [0.05, 0.1) is 0 Å². The summed E-state index contributed by atoms with van der Waals surface area (Å²) in [4.78, 5) is 0. The minimum absolute atomic E-state index is 0.0828. The van der Waals surface area contributed by atoms with E-state index in [0.29, 0.717) is 0 Å².